The Morgan fingerprint density at radius 3 is 2.69 bits per heavy atom. The molecule has 0 fully saturated rings. The number of nitrogens with one attached hydrogen (secondary N) is 1. The molecule has 0 spiro atoms. The Hall–Kier alpha value is -3.55. The molecular formula is C21H22N6O2. The van der Waals surface area contributed by atoms with E-state index in [1.165, 1.54) is 5.01 Å². The second-order valence-electron chi connectivity index (χ2n) is 6.96. The zero-order valence-corrected chi connectivity index (χ0v) is 16.2. The van der Waals surface area contributed by atoms with Crippen LogP contribution in [0.2, 0.25) is 0 Å². The van der Waals surface area contributed by atoms with Gasteiger partial charge in [-0.25, -0.2) is 5.01 Å². The van der Waals surface area contributed by atoms with Crippen molar-refractivity contribution in [3.05, 3.63) is 66.1 Å². The fraction of sp³-hybridized carbons (Fsp3) is 0.286. The smallest absolute Gasteiger partial charge is 0.243 e. The van der Waals surface area contributed by atoms with Crippen LogP contribution in [0.1, 0.15) is 43.6 Å². The molecule has 8 nitrogen and oxygen atoms in total. The number of aromatic nitrogens is 3. The van der Waals surface area contributed by atoms with Gasteiger partial charge in [0, 0.05) is 25.5 Å². The molecule has 1 N–H and O–H groups in total. The van der Waals surface area contributed by atoms with Crippen LogP contribution < -0.4 is 5.32 Å². The van der Waals surface area contributed by atoms with E-state index in [4.69, 9.17) is 0 Å². The lowest BCUT2D eigenvalue weighted by atomic mass is 10.1. The monoisotopic (exact) mass is 390 g/mol. The predicted molar refractivity (Wildman–Crippen MR) is 108 cm³/mol. The highest BCUT2D eigenvalue weighted by molar-refractivity contribution is 6.02. The highest BCUT2D eigenvalue weighted by atomic mass is 16.2. The summed E-state index contributed by atoms with van der Waals surface area (Å²) in [7, 11) is 0. The fourth-order valence-electron chi connectivity index (χ4n) is 3.35. The van der Waals surface area contributed by atoms with Gasteiger partial charge in [0.25, 0.3) is 0 Å². The first-order valence-corrected chi connectivity index (χ1v) is 9.64. The van der Waals surface area contributed by atoms with Crippen molar-refractivity contribution in [3.63, 3.8) is 0 Å². The molecule has 148 valence electrons. The van der Waals surface area contributed by atoms with E-state index in [1.54, 1.807) is 0 Å². The first kappa shape index (κ1) is 18.8. The average Bonchev–Trinajstić information content (AvgIpc) is 3.40. The number of amides is 2. The van der Waals surface area contributed by atoms with Crippen molar-refractivity contribution >= 4 is 23.2 Å². The van der Waals surface area contributed by atoms with Gasteiger partial charge in [-0.3, -0.25) is 14.0 Å². The van der Waals surface area contributed by atoms with Gasteiger partial charge in [0.05, 0.1) is 18.3 Å². The van der Waals surface area contributed by atoms with E-state index >= 15 is 0 Å². The maximum absolute atomic E-state index is 12.4. The number of hydrogen-bond donors (Lipinski definition) is 1. The van der Waals surface area contributed by atoms with E-state index in [-0.39, 0.29) is 30.7 Å². The zero-order chi connectivity index (χ0) is 20.2. The van der Waals surface area contributed by atoms with Crippen molar-refractivity contribution in [3.8, 4) is 0 Å². The second-order valence-corrected chi connectivity index (χ2v) is 6.96. The maximum Gasteiger partial charge on any atom is 0.243 e. The lowest BCUT2D eigenvalue weighted by molar-refractivity contribution is -0.133. The first-order chi connectivity index (χ1) is 14.1. The predicted octanol–water partition coefficient (Wildman–Crippen LogP) is 2.32. The molecule has 1 aromatic carbocycles. The summed E-state index contributed by atoms with van der Waals surface area (Å²) < 4.78 is 1.83. The Balaban J connectivity index is 1.30. The van der Waals surface area contributed by atoms with Crippen LogP contribution in [0.5, 0.6) is 0 Å². The third-order valence-corrected chi connectivity index (χ3v) is 4.87. The summed E-state index contributed by atoms with van der Waals surface area (Å²) in [6.45, 7) is 2.40. The van der Waals surface area contributed by atoms with Crippen molar-refractivity contribution in [1.29, 1.82) is 0 Å². The average molecular weight is 390 g/mol. The molecule has 0 aliphatic carbocycles. The van der Waals surface area contributed by atoms with Gasteiger partial charge in [-0.05, 0) is 24.6 Å². The molecule has 2 aromatic heterocycles. The minimum atomic E-state index is -0.315. The minimum Gasteiger partial charge on any atom is -0.346 e. The lowest BCUT2D eigenvalue weighted by Gasteiger charge is -2.14. The molecular weight excluding hydrogens is 368 g/mol. The summed E-state index contributed by atoms with van der Waals surface area (Å²) in [6, 6.07) is 15.1. The number of hydrogen-bond acceptors (Lipinski definition) is 5. The molecule has 1 aliphatic heterocycles. The van der Waals surface area contributed by atoms with E-state index in [9.17, 15) is 9.59 Å². The van der Waals surface area contributed by atoms with Crippen LogP contribution in [0.15, 0.2) is 59.8 Å². The molecule has 4 rings (SSSR count). The summed E-state index contributed by atoms with van der Waals surface area (Å²) in [5.41, 5.74) is 2.64. The topological polar surface area (TPSA) is 92.0 Å². The standard InChI is InChI=1S/C21H22N6O2/c1-15(21-24-23-18-9-5-6-13-26(18)21)22-19(28)10-11-20(29)27-14-12-17(25-27)16-7-3-2-4-8-16/h2-9,13,15H,10-12,14H2,1H3,(H,22,28). The summed E-state index contributed by atoms with van der Waals surface area (Å²) in [5.74, 6) is 0.300. The SMILES string of the molecule is CC(NC(=O)CCC(=O)N1CCC(c2ccccc2)=N1)c1nnc2ccccn12. The largest absolute Gasteiger partial charge is 0.346 e. The van der Waals surface area contributed by atoms with Crippen molar-refractivity contribution in [2.45, 2.75) is 32.2 Å². The number of nitrogens with zero attached hydrogens (tertiary/aromatic N) is 5. The summed E-state index contributed by atoms with van der Waals surface area (Å²) >= 11 is 0. The zero-order valence-electron chi connectivity index (χ0n) is 16.2. The normalized spacial score (nSPS) is 14.7. The lowest BCUT2D eigenvalue weighted by Crippen LogP contribution is -2.30. The number of rotatable bonds is 6. The molecule has 3 aromatic rings. The van der Waals surface area contributed by atoms with Crippen molar-refractivity contribution in [1.82, 2.24) is 24.9 Å². The molecule has 2 amide bonds. The fourth-order valence-corrected chi connectivity index (χ4v) is 3.35. The molecule has 0 radical (unpaired) electrons. The molecule has 1 unspecified atom stereocenters. The Kier molecular flexibility index (Phi) is 5.33. The number of hydrazone groups is 1. The van der Waals surface area contributed by atoms with E-state index in [0.29, 0.717) is 12.4 Å². The van der Waals surface area contributed by atoms with Crippen molar-refractivity contribution < 1.29 is 9.59 Å². The first-order valence-electron chi connectivity index (χ1n) is 9.64. The number of fused-ring (bicyclic) bond motifs is 1. The number of pyridine rings is 1. The number of carbonyl (C=O) groups excluding carboxylic acids is 2. The van der Waals surface area contributed by atoms with E-state index in [0.717, 1.165) is 23.3 Å². The Morgan fingerprint density at radius 2 is 1.86 bits per heavy atom. The van der Waals surface area contributed by atoms with Gasteiger partial charge in [0.15, 0.2) is 11.5 Å². The van der Waals surface area contributed by atoms with Crippen LogP contribution in [0.4, 0.5) is 0 Å². The Bertz CT molecular complexity index is 1060. The summed E-state index contributed by atoms with van der Waals surface area (Å²) in [5, 5.41) is 17.0. The maximum atomic E-state index is 12.4. The van der Waals surface area contributed by atoms with Gasteiger partial charge < -0.3 is 5.32 Å². The highest BCUT2D eigenvalue weighted by Crippen LogP contribution is 2.16. The van der Waals surface area contributed by atoms with Crippen LogP contribution in [-0.2, 0) is 9.59 Å². The second kappa shape index (κ2) is 8.22. The third kappa shape index (κ3) is 4.16. The van der Waals surface area contributed by atoms with Gasteiger partial charge in [-0.2, -0.15) is 5.10 Å². The van der Waals surface area contributed by atoms with Crippen LogP contribution in [-0.4, -0.2) is 43.7 Å². The molecule has 1 atom stereocenters. The minimum absolute atomic E-state index is 0.104. The van der Waals surface area contributed by atoms with Crippen LogP contribution in [0.25, 0.3) is 5.65 Å². The third-order valence-electron chi connectivity index (χ3n) is 4.87. The molecule has 0 saturated heterocycles. The van der Waals surface area contributed by atoms with Gasteiger partial charge >= 0.3 is 0 Å². The Labute approximate surface area is 168 Å². The summed E-state index contributed by atoms with van der Waals surface area (Å²) in [6.07, 6.45) is 2.79. The van der Waals surface area contributed by atoms with E-state index in [2.05, 4.69) is 20.6 Å². The van der Waals surface area contributed by atoms with Gasteiger partial charge in [-0.15, -0.1) is 10.2 Å². The van der Waals surface area contributed by atoms with Crippen LogP contribution in [0.3, 0.4) is 0 Å². The van der Waals surface area contributed by atoms with Gasteiger partial charge in [0.1, 0.15) is 0 Å². The van der Waals surface area contributed by atoms with Crippen LogP contribution in [0, 0.1) is 0 Å². The van der Waals surface area contributed by atoms with Gasteiger partial charge in [-0.1, -0.05) is 36.4 Å². The molecule has 3 heterocycles. The molecule has 8 heteroatoms. The molecule has 1 aliphatic rings. The number of carbonyl (C=O) groups is 2. The molecule has 0 bridgehead atoms. The summed E-state index contributed by atoms with van der Waals surface area (Å²) in [4.78, 5) is 24.7. The van der Waals surface area contributed by atoms with E-state index in [1.807, 2.05) is 66.1 Å². The van der Waals surface area contributed by atoms with E-state index < -0.39 is 0 Å². The van der Waals surface area contributed by atoms with Crippen LogP contribution >= 0.6 is 0 Å². The highest BCUT2D eigenvalue weighted by Gasteiger charge is 2.22. The molecule has 0 saturated carbocycles. The van der Waals surface area contributed by atoms with Crippen molar-refractivity contribution in [2.24, 2.45) is 5.10 Å². The number of benzene rings is 1. The van der Waals surface area contributed by atoms with Gasteiger partial charge in [0.2, 0.25) is 11.8 Å². The quantitative estimate of drug-likeness (QED) is 0.699. The molecule has 29 heavy (non-hydrogen) atoms. The van der Waals surface area contributed by atoms with Crippen molar-refractivity contribution in [2.75, 3.05) is 6.54 Å². The Morgan fingerprint density at radius 1 is 1.07 bits per heavy atom.